The van der Waals surface area contributed by atoms with Crippen LogP contribution in [0.2, 0.25) is 0 Å². The molecule has 0 atom stereocenters. The van der Waals surface area contributed by atoms with Crippen LogP contribution in [0.1, 0.15) is 52.7 Å². The van der Waals surface area contributed by atoms with E-state index < -0.39 is 0 Å². The van der Waals surface area contributed by atoms with Crippen molar-refractivity contribution < 1.29 is 0 Å². The molecule has 0 unspecified atom stereocenters. The predicted molar refractivity (Wildman–Crippen MR) is 465 cm³/mol. The molecular weight excluding hydrogens is 1410 g/mol. The molecule has 0 fully saturated rings. The monoisotopic (exact) mass is 1490 g/mol. The van der Waals surface area contributed by atoms with Crippen LogP contribution in [-0.2, 0) is 10.8 Å². The largest absolute Gasteiger partial charge is 0.256 e. The van der Waals surface area contributed by atoms with Crippen molar-refractivity contribution in [2.75, 3.05) is 0 Å². The molecule has 0 aliphatic carbocycles. The van der Waals surface area contributed by atoms with Gasteiger partial charge in [0.1, 0.15) is 0 Å². The van der Waals surface area contributed by atoms with Gasteiger partial charge in [0.2, 0.25) is 0 Å². The van der Waals surface area contributed by atoms with Crippen LogP contribution in [0.25, 0.3) is 179 Å². The first-order chi connectivity index (χ1) is 54.2. The van der Waals surface area contributed by atoms with E-state index in [2.05, 4.69) is 397 Å². The molecule has 17 aromatic rings. The summed E-state index contributed by atoms with van der Waals surface area (Å²) >= 11 is 4.17. The molecule has 7 heteroatoms. The summed E-state index contributed by atoms with van der Waals surface area (Å²) in [6.07, 6.45) is 5.77. The van der Waals surface area contributed by atoms with E-state index in [0.717, 1.165) is 166 Å². The van der Waals surface area contributed by atoms with Crippen molar-refractivity contribution in [3.8, 4) is 179 Å². The van der Waals surface area contributed by atoms with Crippen molar-refractivity contribution in [2.45, 2.75) is 52.4 Å². The Labute approximate surface area is 658 Å². The fraction of sp³-hybridized carbons (Fsp3) is 0.0769. The topological polar surface area (TPSA) is 77.3 Å². The van der Waals surface area contributed by atoms with Gasteiger partial charge in [0, 0.05) is 56.4 Å². The Morgan fingerprint density at radius 3 is 0.901 bits per heavy atom. The molecule has 13 aromatic carbocycles. The molecule has 0 radical (unpaired) electrons. The molecule has 0 amide bonds. The highest BCUT2D eigenvalue weighted by atomic mass is 79.9. The number of benzene rings is 13. The van der Waals surface area contributed by atoms with Gasteiger partial charge in [0.25, 0.3) is 0 Å². The van der Waals surface area contributed by atoms with E-state index in [0.29, 0.717) is 17.5 Å². The molecule has 0 bridgehead atoms. The fourth-order valence-corrected chi connectivity index (χ4v) is 15.6. The molecule has 0 saturated carbocycles. The molecular formula is C104H79BrN6. The molecule has 6 nitrogen and oxygen atoms in total. The summed E-state index contributed by atoms with van der Waals surface area (Å²) in [6.45, 7) is 13.5. The molecule has 4 aromatic heterocycles. The highest BCUT2D eigenvalue weighted by Gasteiger charge is 2.24. The molecule has 0 aliphatic rings. The number of aromatic nitrogens is 6. The summed E-state index contributed by atoms with van der Waals surface area (Å²) in [4.78, 5) is 30.6. The van der Waals surface area contributed by atoms with Gasteiger partial charge in [-0.1, -0.05) is 324 Å². The molecule has 0 aliphatic heterocycles. The van der Waals surface area contributed by atoms with E-state index in [9.17, 15) is 0 Å². The molecule has 0 spiro atoms. The Bertz CT molecular complexity index is 5970. The smallest absolute Gasteiger partial charge is 0.165 e. The van der Waals surface area contributed by atoms with Gasteiger partial charge < -0.3 is 0 Å². The number of hydrogen-bond donors (Lipinski definition) is 0. The Balaban J connectivity index is 0.781. The molecule has 532 valence electrons. The van der Waals surface area contributed by atoms with Crippen molar-refractivity contribution in [1.29, 1.82) is 0 Å². The third kappa shape index (κ3) is 15.0. The van der Waals surface area contributed by atoms with Crippen LogP contribution in [0.5, 0.6) is 0 Å². The standard InChI is InChI=1S/C104H79BrN6/c1-103(2,3)83-53-55-106-98(65-83)74-45-49-91(94(62-74)70-31-15-9-16-32-70)88-42-22-19-39-85(88)80-59-81(86-40-20-23-43-89(86)92-50-46-75(63-95(92)71-33-17-10-18-34-71)99-66-84(54-56-107-99)104(4,5)6)61-82(60-80)87-41-21-24-44-90(87)93-51-47-76(64-96(93)105)97-52-48-79(67-108-97)102-110-100(77-37-25-35-72(57-77)68-27-11-7-12-28-68)109-101(111-102)78-38-26-36-73(58-78)69-29-13-8-14-30-69/h7-67H,1-6H3. The summed E-state index contributed by atoms with van der Waals surface area (Å²) in [6, 6.07) is 126. The van der Waals surface area contributed by atoms with Crippen LogP contribution in [0.15, 0.2) is 375 Å². The SMILES string of the molecule is CC(C)(C)c1ccnc(-c2ccc(-c3ccccc3-c3cc(-c4ccccc4-c4ccc(-c5ccc(-c6nc(-c7cccc(-c8ccccc8)c7)nc(-c7cccc(-c8ccccc8)c7)n6)cn5)cc4Br)cc(-c4ccccc4-c4ccc(-c5cc(C(C)(C)C)ccn5)cc4-c4ccccc4)c3)c(-c3ccccc3)c2)c1. The molecule has 0 saturated heterocycles. The van der Waals surface area contributed by atoms with Gasteiger partial charge in [-0.2, -0.15) is 0 Å². The van der Waals surface area contributed by atoms with E-state index in [-0.39, 0.29) is 10.8 Å². The second kappa shape index (κ2) is 30.5. The fourth-order valence-electron chi connectivity index (χ4n) is 15.0. The number of nitrogens with zero attached hydrogens (tertiary/aromatic N) is 6. The van der Waals surface area contributed by atoms with E-state index in [1.54, 1.807) is 0 Å². The van der Waals surface area contributed by atoms with E-state index in [4.69, 9.17) is 29.9 Å². The minimum absolute atomic E-state index is 0.0409. The average Bonchev–Trinajstić information content (AvgIpc) is 0.766. The third-order valence-corrected chi connectivity index (χ3v) is 21.6. The van der Waals surface area contributed by atoms with Crippen LogP contribution in [-0.4, -0.2) is 29.9 Å². The summed E-state index contributed by atoms with van der Waals surface area (Å²) in [7, 11) is 0. The second-order valence-electron chi connectivity index (χ2n) is 30.4. The average molecular weight is 1490 g/mol. The van der Waals surface area contributed by atoms with Gasteiger partial charge in [-0.3, -0.25) is 15.0 Å². The Morgan fingerprint density at radius 2 is 0.514 bits per heavy atom. The van der Waals surface area contributed by atoms with Crippen molar-refractivity contribution in [2.24, 2.45) is 0 Å². The maximum Gasteiger partial charge on any atom is 0.165 e. The quantitative estimate of drug-likeness (QED) is 0.0959. The zero-order valence-electron chi connectivity index (χ0n) is 62.8. The summed E-state index contributed by atoms with van der Waals surface area (Å²) < 4.78 is 0.932. The van der Waals surface area contributed by atoms with Crippen molar-refractivity contribution in [3.63, 3.8) is 0 Å². The zero-order valence-corrected chi connectivity index (χ0v) is 64.4. The van der Waals surface area contributed by atoms with E-state index >= 15 is 0 Å². The molecule has 111 heavy (non-hydrogen) atoms. The van der Waals surface area contributed by atoms with E-state index in [1.165, 1.54) is 11.1 Å². The first-order valence-corrected chi connectivity index (χ1v) is 38.6. The van der Waals surface area contributed by atoms with Gasteiger partial charge in [-0.05, 0) is 218 Å². The third-order valence-electron chi connectivity index (χ3n) is 20.9. The zero-order chi connectivity index (χ0) is 75.6. The maximum absolute atomic E-state index is 5.19. The Hall–Kier alpha value is -13.2. The number of pyridine rings is 3. The van der Waals surface area contributed by atoms with Crippen LogP contribution in [0, 0.1) is 0 Å². The highest BCUT2D eigenvalue weighted by Crippen LogP contribution is 2.48. The summed E-state index contributed by atoms with van der Waals surface area (Å²) in [5, 5.41) is 0. The minimum atomic E-state index is -0.0409. The lowest BCUT2D eigenvalue weighted by Crippen LogP contribution is -2.11. The van der Waals surface area contributed by atoms with Gasteiger partial charge in [-0.15, -0.1) is 0 Å². The summed E-state index contributed by atoms with van der Waals surface area (Å²) in [5.41, 5.74) is 32.7. The summed E-state index contributed by atoms with van der Waals surface area (Å²) in [5.74, 6) is 1.68. The van der Waals surface area contributed by atoms with Crippen LogP contribution < -0.4 is 0 Å². The Kier molecular flexibility index (Phi) is 19.4. The van der Waals surface area contributed by atoms with Gasteiger partial charge >= 0.3 is 0 Å². The molecule has 4 heterocycles. The van der Waals surface area contributed by atoms with Crippen molar-refractivity contribution >= 4 is 15.9 Å². The first kappa shape index (κ1) is 70.8. The van der Waals surface area contributed by atoms with Crippen LogP contribution in [0.3, 0.4) is 0 Å². The first-order valence-electron chi connectivity index (χ1n) is 37.8. The Morgan fingerprint density at radius 1 is 0.198 bits per heavy atom. The lowest BCUT2D eigenvalue weighted by molar-refractivity contribution is 0.589. The number of rotatable bonds is 16. The van der Waals surface area contributed by atoms with Crippen molar-refractivity contribution in [3.05, 3.63) is 386 Å². The second-order valence-corrected chi connectivity index (χ2v) is 31.2. The maximum atomic E-state index is 5.19. The minimum Gasteiger partial charge on any atom is -0.256 e. The van der Waals surface area contributed by atoms with Gasteiger partial charge in [0.15, 0.2) is 17.5 Å². The van der Waals surface area contributed by atoms with Crippen LogP contribution in [0.4, 0.5) is 0 Å². The van der Waals surface area contributed by atoms with Gasteiger partial charge in [0.05, 0.1) is 17.1 Å². The van der Waals surface area contributed by atoms with E-state index in [1.807, 2.05) is 30.7 Å². The predicted octanol–water partition coefficient (Wildman–Crippen LogP) is 28.1. The van der Waals surface area contributed by atoms with Crippen LogP contribution >= 0.6 is 15.9 Å². The number of hydrogen-bond acceptors (Lipinski definition) is 6. The normalized spacial score (nSPS) is 11.6. The van der Waals surface area contributed by atoms with Crippen molar-refractivity contribution in [1.82, 2.24) is 29.9 Å². The molecule has 17 rings (SSSR count). The molecule has 0 N–H and O–H groups in total. The van der Waals surface area contributed by atoms with Gasteiger partial charge in [-0.25, -0.2) is 15.0 Å². The number of halogens is 1. The lowest BCUT2D eigenvalue weighted by Gasteiger charge is -2.21. The highest BCUT2D eigenvalue weighted by molar-refractivity contribution is 9.10. The lowest BCUT2D eigenvalue weighted by atomic mass is 9.83.